The molecule has 2 N–H and O–H groups in total. The zero-order chi connectivity index (χ0) is 18.3. The second-order valence-corrected chi connectivity index (χ2v) is 7.48. The maximum absolute atomic E-state index is 12.8. The Morgan fingerprint density at radius 2 is 1.88 bits per heavy atom. The van der Waals surface area contributed by atoms with Gasteiger partial charge >= 0.3 is 0 Å². The van der Waals surface area contributed by atoms with Crippen LogP contribution in [0.3, 0.4) is 0 Å². The van der Waals surface area contributed by atoms with Crippen LogP contribution in [0.1, 0.15) is 45.8 Å². The molecular weight excluding hydrogens is 350 g/mol. The van der Waals surface area contributed by atoms with E-state index in [1.807, 2.05) is 0 Å². The molecule has 0 unspecified atom stereocenters. The Hall–Kier alpha value is -2.80. The predicted molar refractivity (Wildman–Crippen MR) is 102 cm³/mol. The highest BCUT2D eigenvalue weighted by molar-refractivity contribution is 7.21. The summed E-state index contributed by atoms with van der Waals surface area (Å²) in [5.41, 5.74) is 9.41. The van der Waals surface area contributed by atoms with Crippen molar-refractivity contribution in [2.75, 3.05) is 5.73 Å². The smallest absolute Gasteiger partial charge is 0.269 e. The lowest BCUT2D eigenvalue weighted by atomic mass is 10.1. The van der Waals surface area contributed by atoms with Crippen molar-refractivity contribution in [3.05, 3.63) is 62.1 Å². The van der Waals surface area contributed by atoms with E-state index >= 15 is 0 Å². The van der Waals surface area contributed by atoms with Crippen molar-refractivity contribution in [2.45, 2.75) is 32.1 Å². The predicted octanol–water partition coefficient (Wildman–Crippen LogP) is 4.29. The van der Waals surface area contributed by atoms with E-state index in [0.717, 1.165) is 41.6 Å². The molecule has 0 fully saturated rings. The fourth-order valence-corrected chi connectivity index (χ4v) is 4.43. The number of hydrogen-bond donors (Lipinski definition) is 1. The topological polar surface area (TPSA) is 99.1 Å². The number of fused-ring (bicyclic) bond motifs is 2. The number of nitrogen functional groups attached to an aromatic ring is 1. The molecule has 0 atom stereocenters. The van der Waals surface area contributed by atoms with Gasteiger partial charge in [0.15, 0.2) is 0 Å². The highest BCUT2D eigenvalue weighted by Crippen LogP contribution is 2.36. The zero-order valence-corrected chi connectivity index (χ0v) is 14.8. The van der Waals surface area contributed by atoms with Gasteiger partial charge in [-0.2, -0.15) is 0 Å². The van der Waals surface area contributed by atoms with Gasteiger partial charge in [0.1, 0.15) is 9.71 Å². The van der Waals surface area contributed by atoms with Crippen LogP contribution >= 0.6 is 11.3 Å². The summed E-state index contributed by atoms with van der Waals surface area (Å²) in [6.45, 7) is 0. The number of nitro groups is 1. The number of carbonyl (C=O) groups excluding carboxylic acids is 1. The van der Waals surface area contributed by atoms with Crippen molar-refractivity contribution in [3.8, 4) is 0 Å². The quantitative estimate of drug-likeness (QED) is 0.322. The van der Waals surface area contributed by atoms with Crippen LogP contribution in [0.25, 0.3) is 10.2 Å². The maximum atomic E-state index is 12.8. The summed E-state index contributed by atoms with van der Waals surface area (Å²) in [4.78, 5) is 29.1. The van der Waals surface area contributed by atoms with Crippen LogP contribution in [-0.4, -0.2) is 15.7 Å². The van der Waals surface area contributed by atoms with Crippen LogP contribution < -0.4 is 5.73 Å². The minimum absolute atomic E-state index is 0.0451. The summed E-state index contributed by atoms with van der Waals surface area (Å²) >= 11 is 1.30. The zero-order valence-electron chi connectivity index (χ0n) is 14.0. The van der Waals surface area contributed by atoms with Gasteiger partial charge in [0, 0.05) is 28.8 Å². The van der Waals surface area contributed by atoms with Crippen LogP contribution in [0.15, 0.2) is 30.3 Å². The average Bonchev–Trinajstić information content (AvgIpc) is 2.82. The lowest BCUT2D eigenvalue weighted by Gasteiger charge is -2.04. The van der Waals surface area contributed by atoms with E-state index in [1.54, 1.807) is 0 Å². The Balaban J connectivity index is 1.75. The molecule has 0 amide bonds. The number of nitro benzene ring substituents is 1. The molecule has 0 spiro atoms. The third kappa shape index (κ3) is 2.84. The van der Waals surface area contributed by atoms with Crippen LogP contribution in [0.4, 0.5) is 11.4 Å². The molecule has 6 nitrogen and oxygen atoms in total. The largest absolute Gasteiger partial charge is 0.397 e. The Kier molecular flexibility index (Phi) is 4.16. The number of non-ortho nitro benzene ring substituents is 1. The third-order valence-corrected chi connectivity index (χ3v) is 5.91. The molecule has 1 aliphatic rings. The van der Waals surface area contributed by atoms with Gasteiger partial charge in [-0.1, -0.05) is 6.42 Å². The molecule has 0 saturated carbocycles. The minimum Gasteiger partial charge on any atom is -0.397 e. The van der Waals surface area contributed by atoms with Crippen molar-refractivity contribution in [2.24, 2.45) is 0 Å². The maximum Gasteiger partial charge on any atom is 0.269 e. The normalized spacial score (nSPS) is 14.0. The molecule has 1 aromatic carbocycles. The number of benzene rings is 1. The summed E-state index contributed by atoms with van der Waals surface area (Å²) in [7, 11) is 0. The van der Waals surface area contributed by atoms with Gasteiger partial charge in [-0.25, -0.2) is 4.98 Å². The first-order chi connectivity index (χ1) is 12.5. The van der Waals surface area contributed by atoms with Gasteiger partial charge < -0.3 is 5.73 Å². The first kappa shape index (κ1) is 16.7. The van der Waals surface area contributed by atoms with E-state index in [1.165, 1.54) is 47.6 Å². The number of anilines is 1. The van der Waals surface area contributed by atoms with Crippen LogP contribution in [0.2, 0.25) is 0 Å². The van der Waals surface area contributed by atoms with Gasteiger partial charge in [0.05, 0.1) is 10.6 Å². The molecule has 132 valence electrons. The second kappa shape index (κ2) is 6.49. The van der Waals surface area contributed by atoms with Crippen LogP contribution in [-0.2, 0) is 12.8 Å². The number of rotatable bonds is 3. The molecule has 2 heterocycles. The first-order valence-corrected chi connectivity index (χ1v) is 9.36. The average molecular weight is 367 g/mol. The van der Waals surface area contributed by atoms with Crippen LogP contribution in [0.5, 0.6) is 0 Å². The van der Waals surface area contributed by atoms with E-state index in [4.69, 9.17) is 10.7 Å². The van der Waals surface area contributed by atoms with Gasteiger partial charge in [-0.15, -0.1) is 11.3 Å². The number of aryl methyl sites for hydroxylation is 2. The Morgan fingerprint density at radius 3 is 2.62 bits per heavy atom. The molecule has 0 aliphatic heterocycles. The Bertz CT molecular complexity index is 1020. The standard InChI is InChI=1S/C19H17N3O3S/c20-16-14-10-12-4-2-1-3-5-15(12)21-19(14)26-18(16)17(23)11-6-8-13(9-7-11)22(24)25/h6-10H,1-5,20H2. The first-order valence-electron chi connectivity index (χ1n) is 8.54. The number of aromatic nitrogens is 1. The summed E-state index contributed by atoms with van der Waals surface area (Å²) < 4.78 is 0. The van der Waals surface area contributed by atoms with E-state index in [9.17, 15) is 14.9 Å². The van der Waals surface area contributed by atoms with Gasteiger partial charge in [-0.05, 0) is 49.4 Å². The number of hydrogen-bond acceptors (Lipinski definition) is 6. The molecule has 1 aliphatic carbocycles. The third-order valence-electron chi connectivity index (χ3n) is 4.80. The molecule has 0 saturated heterocycles. The number of ketones is 1. The second-order valence-electron chi connectivity index (χ2n) is 6.49. The molecular formula is C19H17N3O3S. The van der Waals surface area contributed by atoms with E-state index in [-0.39, 0.29) is 11.5 Å². The summed E-state index contributed by atoms with van der Waals surface area (Å²) in [6, 6.07) is 7.68. The fraction of sp³-hybridized carbons (Fsp3) is 0.263. The Labute approximate surface area is 153 Å². The number of thiophene rings is 1. The van der Waals surface area contributed by atoms with Gasteiger partial charge in [0.2, 0.25) is 5.78 Å². The molecule has 4 rings (SSSR count). The van der Waals surface area contributed by atoms with Crippen molar-refractivity contribution in [1.82, 2.24) is 4.98 Å². The fourth-order valence-electron chi connectivity index (χ4n) is 3.37. The number of pyridine rings is 1. The van der Waals surface area contributed by atoms with Crippen molar-refractivity contribution in [3.63, 3.8) is 0 Å². The van der Waals surface area contributed by atoms with Crippen LogP contribution in [0, 0.1) is 10.1 Å². The van der Waals surface area contributed by atoms with E-state index in [0.29, 0.717) is 16.1 Å². The Morgan fingerprint density at radius 1 is 1.15 bits per heavy atom. The highest BCUT2D eigenvalue weighted by Gasteiger charge is 2.21. The van der Waals surface area contributed by atoms with Gasteiger partial charge in [0.25, 0.3) is 5.69 Å². The van der Waals surface area contributed by atoms with E-state index < -0.39 is 4.92 Å². The lowest BCUT2D eigenvalue weighted by Crippen LogP contribution is -2.02. The highest BCUT2D eigenvalue weighted by atomic mass is 32.1. The number of nitrogens with two attached hydrogens (primary N) is 1. The summed E-state index contributed by atoms with van der Waals surface area (Å²) in [5.74, 6) is -0.226. The van der Waals surface area contributed by atoms with Crippen molar-refractivity contribution in [1.29, 1.82) is 0 Å². The summed E-state index contributed by atoms with van der Waals surface area (Å²) in [6.07, 6.45) is 5.47. The molecule has 2 aromatic heterocycles. The van der Waals surface area contributed by atoms with Gasteiger partial charge in [-0.3, -0.25) is 14.9 Å². The number of nitrogens with zero attached hydrogens (tertiary/aromatic N) is 2. The molecule has 3 aromatic rings. The molecule has 0 radical (unpaired) electrons. The van der Waals surface area contributed by atoms with Crippen molar-refractivity contribution >= 4 is 38.7 Å². The molecule has 26 heavy (non-hydrogen) atoms. The van der Waals surface area contributed by atoms with Crippen molar-refractivity contribution < 1.29 is 9.72 Å². The molecule has 0 bridgehead atoms. The lowest BCUT2D eigenvalue weighted by molar-refractivity contribution is -0.384. The van der Waals surface area contributed by atoms with E-state index in [2.05, 4.69) is 6.07 Å². The number of carbonyl (C=O) groups is 1. The summed E-state index contributed by atoms with van der Waals surface area (Å²) in [5, 5.41) is 11.6. The minimum atomic E-state index is -0.487. The SMILES string of the molecule is Nc1c(C(=O)c2ccc([N+](=O)[O-])cc2)sc2nc3c(cc12)CCCCC3. The molecule has 7 heteroatoms. The monoisotopic (exact) mass is 367 g/mol.